The smallest absolute Gasteiger partial charge is 0.161 e. The molecule has 0 radical (unpaired) electrons. The highest BCUT2D eigenvalue weighted by Crippen LogP contribution is 2.33. The van der Waals surface area contributed by atoms with E-state index in [1.807, 2.05) is 0 Å². The summed E-state index contributed by atoms with van der Waals surface area (Å²) in [4.78, 5) is 0. The number of rotatable bonds is 4. The fraction of sp³-hybridized carbons (Fsp3) is 0.600. The molecule has 19 heavy (non-hydrogen) atoms. The Bertz CT molecular complexity index is 428. The van der Waals surface area contributed by atoms with Crippen LogP contribution in [0.25, 0.3) is 0 Å². The van der Waals surface area contributed by atoms with Gasteiger partial charge in [0.15, 0.2) is 11.6 Å². The van der Waals surface area contributed by atoms with Gasteiger partial charge in [-0.25, -0.2) is 13.2 Å². The Hall–Kier alpha value is -1.03. The summed E-state index contributed by atoms with van der Waals surface area (Å²) in [7, 11) is 1.73. The molecule has 4 heteroatoms. The van der Waals surface area contributed by atoms with Gasteiger partial charge in [0, 0.05) is 17.7 Å². The summed E-state index contributed by atoms with van der Waals surface area (Å²) in [6.45, 7) is 0. The van der Waals surface area contributed by atoms with Gasteiger partial charge in [0.2, 0.25) is 0 Å². The Labute approximate surface area is 112 Å². The van der Waals surface area contributed by atoms with E-state index in [0.717, 1.165) is 25.3 Å². The fourth-order valence-electron chi connectivity index (χ4n) is 2.96. The standard InChI is InChI=1S/C15H20F3N/c1-19-15(7-10-5-3-2-4-6-10)11-8-13(17)14(18)9-12(11)16/h8-10,15,19H,2-7H2,1H3. The van der Waals surface area contributed by atoms with Crippen LogP contribution in [0.3, 0.4) is 0 Å². The molecule has 2 rings (SSSR count). The van der Waals surface area contributed by atoms with Crippen molar-refractivity contribution in [2.45, 2.75) is 44.6 Å². The van der Waals surface area contributed by atoms with E-state index in [1.165, 1.54) is 19.3 Å². The zero-order valence-electron chi connectivity index (χ0n) is 11.2. The van der Waals surface area contributed by atoms with Gasteiger partial charge < -0.3 is 5.32 Å². The van der Waals surface area contributed by atoms with E-state index in [-0.39, 0.29) is 11.6 Å². The van der Waals surface area contributed by atoms with Gasteiger partial charge in [0.25, 0.3) is 0 Å². The van der Waals surface area contributed by atoms with E-state index in [9.17, 15) is 13.2 Å². The first-order valence-electron chi connectivity index (χ1n) is 6.93. The molecule has 1 aliphatic rings. The van der Waals surface area contributed by atoms with Gasteiger partial charge >= 0.3 is 0 Å². The lowest BCUT2D eigenvalue weighted by Crippen LogP contribution is -2.22. The SMILES string of the molecule is CNC(CC1CCCCC1)c1cc(F)c(F)cc1F. The first-order valence-corrected chi connectivity index (χ1v) is 6.93. The van der Waals surface area contributed by atoms with Crippen molar-refractivity contribution in [3.8, 4) is 0 Å². The van der Waals surface area contributed by atoms with Gasteiger partial charge in [-0.05, 0) is 25.5 Å². The summed E-state index contributed by atoms with van der Waals surface area (Å²) in [6.07, 6.45) is 6.74. The summed E-state index contributed by atoms with van der Waals surface area (Å²) in [6, 6.07) is 1.36. The first-order chi connectivity index (χ1) is 9.11. The van der Waals surface area contributed by atoms with E-state index in [1.54, 1.807) is 7.05 Å². The number of hydrogen-bond acceptors (Lipinski definition) is 1. The molecule has 1 aromatic carbocycles. The molecule has 0 aliphatic heterocycles. The Balaban J connectivity index is 2.14. The maximum atomic E-state index is 13.8. The van der Waals surface area contributed by atoms with E-state index in [4.69, 9.17) is 0 Å². The molecule has 0 amide bonds. The van der Waals surface area contributed by atoms with Crippen LogP contribution in [0.2, 0.25) is 0 Å². The number of hydrogen-bond donors (Lipinski definition) is 1. The van der Waals surface area contributed by atoms with Crippen LogP contribution in [0.15, 0.2) is 12.1 Å². The van der Waals surface area contributed by atoms with Crippen LogP contribution >= 0.6 is 0 Å². The highest BCUT2D eigenvalue weighted by atomic mass is 19.2. The average Bonchev–Trinajstić information content (AvgIpc) is 2.42. The Morgan fingerprint density at radius 1 is 1.05 bits per heavy atom. The van der Waals surface area contributed by atoms with Gasteiger partial charge in [-0.1, -0.05) is 32.1 Å². The Kier molecular flexibility index (Phi) is 4.86. The van der Waals surface area contributed by atoms with E-state index in [2.05, 4.69) is 5.32 Å². The van der Waals surface area contributed by atoms with Crippen molar-refractivity contribution >= 4 is 0 Å². The third-order valence-electron chi connectivity index (χ3n) is 4.06. The molecule has 1 unspecified atom stereocenters. The van der Waals surface area contributed by atoms with Crippen molar-refractivity contribution in [2.24, 2.45) is 5.92 Å². The molecular weight excluding hydrogens is 251 g/mol. The summed E-state index contributed by atoms with van der Waals surface area (Å²) in [5, 5.41) is 3.02. The van der Waals surface area contributed by atoms with Crippen molar-refractivity contribution in [3.05, 3.63) is 35.1 Å². The minimum atomic E-state index is -1.13. The lowest BCUT2D eigenvalue weighted by atomic mass is 9.83. The van der Waals surface area contributed by atoms with Crippen molar-refractivity contribution in [3.63, 3.8) is 0 Å². The molecule has 1 atom stereocenters. The predicted octanol–water partition coefficient (Wildman–Crippen LogP) is 4.33. The second-order valence-corrected chi connectivity index (χ2v) is 5.37. The summed E-state index contributed by atoms with van der Waals surface area (Å²) in [5.41, 5.74) is 0.229. The third-order valence-corrected chi connectivity index (χ3v) is 4.06. The van der Waals surface area contributed by atoms with Crippen LogP contribution in [0.5, 0.6) is 0 Å². The van der Waals surface area contributed by atoms with Crippen molar-refractivity contribution < 1.29 is 13.2 Å². The van der Waals surface area contributed by atoms with Gasteiger partial charge in [-0.15, -0.1) is 0 Å². The molecule has 1 nitrogen and oxygen atoms in total. The van der Waals surface area contributed by atoms with Crippen molar-refractivity contribution in [1.82, 2.24) is 5.32 Å². The maximum Gasteiger partial charge on any atom is 0.161 e. The number of halogens is 3. The third kappa shape index (κ3) is 3.50. The Morgan fingerprint density at radius 2 is 1.68 bits per heavy atom. The summed E-state index contributed by atoms with van der Waals surface area (Å²) in [5.74, 6) is -2.25. The Morgan fingerprint density at radius 3 is 2.32 bits per heavy atom. The topological polar surface area (TPSA) is 12.0 Å². The van der Waals surface area contributed by atoms with Gasteiger partial charge in [0.1, 0.15) is 5.82 Å². The van der Waals surface area contributed by atoms with E-state index in [0.29, 0.717) is 12.0 Å². The zero-order chi connectivity index (χ0) is 13.8. The van der Waals surface area contributed by atoms with Crippen molar-refractivity contribution in [2.75, 3.05) is 7.05 Å². The molecule has 1 N–H and O–H groups in total. The lowest BCUT2D eigenvalue weighted by molar-refractivity contribution is 0.302. The van der Waals surface area contributed by atoms with Crippen LogP contribution in [0.1, 0.15) is 50.1 Å². The van der Waals surface area contributed by atoms with Crippen LogP contribution in [0.4, 0.5) is 13.2 Å². The van der Waals surface area contributed by atoms with Crippen LogP contribution < -0.4 is 5.32 Å². The first kappa shape index (κ1) is 14.4. The maximum absolute atomic E-state index is 13.8. The van der Waals surface area contributed by atoms with Gasteiger partial charge in [-0.3, -0.25) is 0 Å². The van der Waals surface area contributed by atoms with E-state index >= 15 is 0 Å². The molecule has 106 valence electrons. The molecular formula is C15H20F3N. The zero-order valence-corrected chi connectivity index (χ0v) is 11.2. The molecule has 0 bridgehead atoms. The quantitative estimate of drug-likeness (QED) is 0.803. The predicted molar refractivity (Wildman–Crippen MR) is 69.3 cm³/mol. The molecule has 0 spiro atoms. The second kappa shape index (κ2) is 6.42. The number of nitrogens with one attached hydrogen (secondary N) is 1. The molecule has 1 fully saturated rings. The highest BCUT2D eigenvalue weighted by Gasteiger charge is 2.22. The lowest BCUT2D eigenvalue weighted by Gasteiger charge is -2.27. The molecule has 0 aromatic heterocycles. The van der Waals surface area contributed by atoms with Crippen LogP contribution in [0, 0.1) is 23.4 Å². The second-order valence-electron chi connectivity index (χ2n) is 5.37. The van der Waals surface area contributed by atoms with E-state index < -0.39 is 17.5 Å². The minimum absolute atomic E-state index is 0.229. The fourth-order valence-corrected chi connectivity index (χ4v) is 2.96. The summed E-state index contributed by atoms with van der Waals surface area (Å²) < 4.78 is 40.0. The molecule has 1 aliphatic carbocycles. The van der Waals surface area contributed by atoms with Crippen LogP contribution in [-0.2, 0) is 0 Å². The van der Waals surface area contributed by atoms with Crippen LogP contribution in [-0.4, -0.2) is 7.05 Å². The normalized spacial score (nSPS) is 18.5. The van der Waals surface area contributed by atoms with Gasteiger partial charge in [0.05, 0.1) is 0 Å². The molecule has 0 heterocycles. The number of benzene rings is 1. The molecule has 1 aromatic rings. The molecule has 1 saturated carbocycles. The molecule has 0 saturated heterocycles. The monoisotopic (exact) mass is 271 g/mol. The van der Waals surface area contributed by atoms with Gasteiger partial charge in [-0.2, -0.15) is 0 Å². The highest BCUT2D eigenvalue weighted by molar-refractivity contribution is 5.23. The van der Waals surface area contributed by atoms with Crippen molar-refractivity contribution in [1.29, 1.82) is 0 Å². The largest absolute Gasteiger partial charge is 0.313 e. The minimum Gasteiger partial charge on any atom is -0.313 e. The summed E-state index contributed by atoms with van der Waals surface area (Å²) >= 11 is 0. The average molecular weight is 271 g/mol.